The van der Waals surface area contributed by atoms with E-state index in [1.165, 1.54) is 0 Å². The molecule has 3 aromatic heterocycles. The molecule has 2 aliphatic heterocycles. The van der Waals surface area contributed by atoms with Crippen LogP contribution in [0.15, 0.2) is 73.4 Å². The van der Waals surface area contributed by atoms with E-state index in [0.717, 1.165) is 65.1 Å². The van der Waals surface area contributed by atoms with Crippen molar-refractivity contribution < 1.29 is 29.0 Å². The fourth-order valence-electron chi connectivity index (χ4n) is 7.89. The summed E-state index contributed by atoms with van der Waals surface area (Å²) in [5.74, 6) is 1.11. The lowest BCUT2D eigenvalue weighted by atomic mass is 10.0. The average molecular weight is 779 g/mol. The molecular weight excluding hydrogens is 729 g/mol. The summed E-state index contributed by atoms with van der Waals surface area (Å²) in [6, 6.07) is 14.5. The van der Waals surface area contributed by atoms with Gasteiger partial charge >= 0.3 is 6.09 Å². The maximum absolute atomic E-state index is 13.7. The molecule has 5 heterocycles. The van der Waals surface area contributed by atoms with E-state index in [0.29, 0.717) is 24.6 Å². The van der Waals surface area contributed by atoms with Gasteiger partial charge in [-0.05, 0) is 54.9 Å². The Labute approximate surface area is 331 Å². The van der Waals surface area contributed by atoms with Gasteiger partial charge in [0.15, 0.2) is 0 Å². The smallest absolute Gasteiger partial charge is 0.405 e. The van der Waals surface area contributed by atoms with Gasteiger partial charge in [-0.3, -0.25) is 14.9 Å². The first-order chi connectivity index (χ1) is 27.6. The lowest BCUT2D eigenvalue weighted by Gasteiger charge is -2.30. The molecule has 0 saturated carbocycles. The van der Waals surface area contributed by atoms with Crippen LogP contribution >= 0.6 is 0 Å². The minimum Gasteiger partial charge on any atom is -0.465 e. The molecule has 7 rings (SSSR count). The van der Waals surface area contributed by atoms with Crippen molar-refractivity contribution in [2.45, 2.75) is 69.3 Å². The van der Waals surface area contributed by atoms with Crippen molar-refractivity contribution in [2.75, 3.05) is 34.0 Å². The minimum atomic E-state index is -1.26. The lowest BCUT2D eigenvalue weighted by molar-refractivity contribution is -0.138. The molecular formula is C41H50N10O6. The normalized spacial score (nSPS) is 18.5. The maximum atomic E-state index is 13.7. The van der Waals surface area contributed by atoms with Crippen molar-refractivity contribution in [1.29, 1.82) is 0 Å². The number of nitrogens with one attached hydrogen (secondary N) is 4. The lowest BCUT2D eigenvalue weighted by Crippen LogP contribution is -2.52. The van der Waals surface area contributed by atoms with E-state index in [-0.39, 0.29) is 43.2 Å². The number of benzene rings is 2. The summed E-state index contributed by atoms with van der Waals surface area (Å²) >= 11 is 0. The molecule has 0 spiro atoms. The highest BCUT2D eigenvalue weighted by atomic mass is 16.5. The Kier molecular flexibility index (Phi) is 12.1. The number of rotatable bonds is 15. The largest absolute Gasteiger partial charge is 0.465 e. The number of nitrogens with zero attached hydrogens (tertiary/aromatic N) is 6. The quantitative estimate of drug-likeness (QED) is 0.0933. The van der Waals surface area contributed by atoms with Crippen molar-refractivity contribution in [3.05, 3.63) is 90.8 Å². The number of imidazole rings is 3. The maximum Gasteiger partial charge on any atom is 0.405 e. The fourth-order valence-corrected chi connectivity index (χ4v) is 7.89. The van der Waals surface area contributed by atoms with Crippen molar-refractivity contribution >= 4 is 17.9 Å². The Morgan fingerprint density at radius 2 is 1.35 bits per heavy atom. The molecule has 5 atom stereocenters. The molecule has 0 aliphatic carbocycles. The first-order valence-electron chi connectivity index (χ1n) is 19.3. The molecule has 2 saturated heterocycles. The fraction of sp³-hybridized carbons (Fsp3) is 0.415. The van der Waals surface area contributed by atoms with Gasteiger partial charge in [-0.15, -0.1) is 0 Å². The molecule has 300 valence electrons. The highest BCUT2D eigenvalue weighted by Crippen LogP contribution is 2.35. The van der Waals surface area contributed by atoms with Gasteiger partial charge in [0.2, 0.25) is 11.8 Å². The number of carboxylic acid groups (broad SMARTS) is 1. The van der Waals surface area contributed by atoms with E-state index >= 15 is 0 Å². The van der Waals surface area contributed by atoms with Crippen LogP contribution in [0.2, 0.25) is 0 Å². The van der Waals surface area contributed by atoms with Gasteiger partial charge in [-0.1, -0.05) is 48.5 Å². The SMILES string of the molecule is COCN[C@H](C(=O)N1CCC[C@H]1c1ncc(-c2ccc(-c3ccc(-c4cnc([C@@H]5CCCN5C(=O)[C@H](Cc5cn(C)cn5)NC(=O)O)[nH]4)cc3)cc2)[nH]1)[C@@H](C)OC. The summed E-state index contributed by atoms with van der Waals surface area (Å²) < 4.78 is 12.4. The van der Waals surface area contributed by atoms with Gasteiger partial charge in [-0.25, -0.2) is 19.7 Å². The van der Waals surface area contributed by atoms with Gasteiger partial charge in [0.05, 0.1) is 60.7 Å². The third kappa shape index (κ3) is 8.77. The van der Waals surface area contributed by atoms with Crippen molar-refractivity contribution in [1.82, 2.24) is 49.9 Å². The highest BCUT2D eigenvalue weighted by Gasteiger charge is 2.38. The van der Waals surface area contributed by atoms with Crippen molar-refractivity contribution in [3.8, 4) is 33.6 Å². The molecule has 5 N–H and O–H groups in total. The van der Waals surface area contributed by atoms with Gasteiger partial charge < -0.3 is 44.2 Å². The topological polar surface area (TPSA) is 196 Å². The van der Waals surface area contributed by atoms with Crippen LogP contribution in [0.5, 0.6) is 0 Å². The molecule has 0 bridgehead atoms. The summed E-state index contributed by atoms with van der Waals surface area (Å²) in [6.45, 7) is 3.28. The third-order valence-corrected chi connectivity index (χ3v) is 10.9. The molecule has 16 nitrogen and oxygen atoms in total. The van der Waals surface area contributed by atoms with Crippen LogP contribution in [0.1, 0.15) is 62.0 Å². The van der Waals surface area contributed by atoms with Crippen molar-refractivity contribution in [3.63, 3.8) is 0 Å². The van der Waals surface area contributed by atoms with Gasteiger partial charge in [-0.2, -0.15) is 0 Å². The summed E-state index contributed by atoms with van der Waals surface area (Å²) in [6.07, 6.45) is 8.80. The molecule has 57 heavy (non-hydrogen) atoms. The second kappa shape index (κ2) is 17.5. The molecule has 2 aromatic carbocycles. The molecule has 2 aliphatic rings. The number of hydrogen-bond acceptors (Lipinski definition) is 9. The zero-order valence-electron chi connectivity index (χ0n) is 32.6. The molecule has 16 heteroatoms. The molecule has 3 amide bonds. The number of amides is 3. The molecule has 0 unspecified atom stereocenters. The summed E-state index contributed by atoms with van der Waals surface area (Å²) in [7, 11) is 5.01. The average Bonchev–Trinajstić information content (AvgIpc) is 4.07. The third-order valence-electron chi connectivity index (χ3n) is 10.9. The number of carbonyl (C=O) groups is 3. The standard InChI is InChI=1S/C41H50N10O6/c1-25(57-4)36(45-24-56-3)40(53)51-18-6-8-35(51)38-43-21-33(47-38)29-15-11-27(12-16-29)26-9-13-28(14-10-26)32-20-42-37(46-32)34-7-5-17-50(34)39(52)31(48-41(54)55)19-30-22-49(2)23-44-30/h9-16,20-23,25,31,34-36,45,48H,5-8,17-19,24H2,1-4H3,(H,42,46)(H,43,47)(H,54,55)/t25-,31+,34+,35+,36+/m1/s1. The van der Waals surface area contributed by atoms with E-state index < -0.39 is 18.2 Å². The number of hydrogen-bond donors (Lipinski definition) is 5. The zero-order valence-corrected chi connectivity index (χ0v) is 32.6. The first kappa shape index (κ1) is 39.4. The van der Waals surface area contributed by atoms with E-state index in [4.69, 9.17) is 14.5 Å². The van der Waals surface area contributed by atoms with Crippen LogP contribution in [0.4, 0.5) is 4.79 Å². The van der Waals surface area contributed by atoms with Gasteiger partial charge in [0.25, 0.3) is 0 Å². The second-order valence-corrected chi connectivity index (χ2v) is 14.7. The number of methoxy groups -OCH3 is 2. The number of aromatic nitrogens is 6. The summed E-state index contributed by atoms with van der Waals surface area (Å²) in [4.78, 5) is 63.1. The predicted molar refractivity (Wildman–Crippen MR) is 212 cm³/mol. The molecule has 2 fully saturated rings. The van der Waals surface area contributed by atoms with E-state index in [1.807, 2.05) is 37.2 Å². The monoisotopic (exact) mass is 778 g/mol. The first-order valence-corrected chi connectivity index (χ1v) is 19.3. The summed E-state index contributed by atoms with van der Waals surface area (Å²) in [5.41, 5.74) is 6.39. The predicted octanol–water partition coefficient (Wildman–Crippen LogP) is 4.67. The number of H-pyrrole nitrogens is 2. The van der Waals surface area contributed by atoms with Crippen LogP contribution in [0, 0.1) is 0 Å². The number of carbonyl (C=O) groups excluding carboxylic acids is 2. The van der Waals surface area contributed by atoms with Crippen LogP contribution in [0.25, 0.3) is 33.6 Å². The number of aromatic amines is 2. The Morgan fingerprint density at radius 1 is 0.825 bits per heavy atom. The van der Waals surface area contributed by atoms with Gasteiger partial charge in [0.1, 0.15) is 23.7 Å². The van der Waals surface area contributed by atoms with E-state index in [2.05, 4.69) is 67.0 Å². The van der Waals surface area contributed by atoms with Gasteiger partial charge in [0, 0.05) is 47.0 Å². The van der Waals surface area contributed by atoms with Crippen molar-refractivity contribution in [2.24, 2.45) is 7.05 Å². The highest BCUT2D eigenvalue weighted by molar-refractivity contribution is 5.86. The van der Waals surface area contributed by atoms with Crippen LogP contribution in [-0.4, -0.2) is 115 Å². The summed E-state index contributed by atoms with van der Waals surface area (Å²) in [5, 5.41) is 15.0. The Hall–Kier alpha value is -5.84. The number of aryl methyl sites for hydroxylation is 1. The van der Waals surface area contributed by atoms with E-state index in [9.17, 15) is 19.5 Å². The van der Waals surface area contributed by atoms with Crippen LogP contribution < -0.4 is 10.6 Å². The number of likely N-dealkylation sites (tertiary alicyclic amines) is 2. The van der Waals surface area contributed by atoms with E-state index in [1.54, 1.807) is 42.4 Å². The van der Waals surface area contributed by atoms with Crippen LogP contribution in [0.3, 0.4) is 0 Å². The number of ether oxygens (including phenoxy) is 2. The Bertz CT molecular complexity index is 2140. The Balaban J connectivity index is 0.996. The minimum absolute atomic E-state index is 0.0316. The Morgan fingerprint density at radius 3 is 1.82 bits per heavy atom. The zero-order chi connectivity index (χ0) is 40.1. The molecule has 0 radical (unpaired) electrons. The molecule has 5 aromatic rings. The second-order valence-electron chi connectivity index (χ2n) is 14.7. The van der Waals surface area contributed by atoms with Crippen LogP contribution in [-0.2, 0) is 32.5 Å².